The molecule has 0 spiro atoms. The molecule has 3 rings (SSSR count). The molecule has 126 valence electrons. The third-order valence-electron chi connectivity index (χ3n) is 3.54. The summed E-state index contributed by atoms with van der Waals surface area (Å²) in [5.74, 6) is -1.82. The molecule has 0 aliphatic heterocycles. The number of ether oxygens (including phenoxy) is 1. The van der Waals surface area contributed by atoms with Gasteiger partial charge in [0.25, 0.3) is 0 Å². The highest BCUT2D eigenvalue weighted by Gasteiger charge is 2.64. The van der Waals surface area contributed by atoms with Crippen LogP contribution in [0.2, 0.25) is 0 Å². The number of benzene rings is 1. The fourth-order valence-electron chi connectivity index (χ4n) is 2.42. The number of carbonyl (C=O) groups is 1. The van der Waals surface area contributed by atoms with Crippen molar-refractivity contribution in [1.29, 1.82) is 0 Å². The molecule has 1 unspecified atom stereocenters. The van der Waals surface area contributed by atoms with Crippen LogP contribution in [0.15, 0.2) is 41.9 Å². The first-order valence-electron chi connectivity index (χ1n) is 6.69. The lowest BCUT2D eigenvalue weighted by atomic mass is 9.94. The maximum absolute atomic E-state index is 13.6. The highest BCUT2D eigenvalue weighted by atomic mass is 32.1. The van der Waals surface area contributed by atoms with E-state index in [-0.39, 0.29) is 10.7 Å². The van der Waals surface area contributed by atoms with Gasteiger partial charge in [-0.1, -0.05) is 30.3 Å². The molecule has 1 aromatic carbocycles. The second kappa shape index (κ2) is 5.60. The van der Waals surface area contributed by atoms with E-state index in [9.17, 15) is 23.1 Å². The van der Waals surface area contributed by atoms with Crippen molar-refractivity contribution in [1.82, 2.24) is 9.38 Å². The van der Waals surface area contributed by atoms with Gasteiger partial charge in [-0.3, -0.25) is 4.40 Å². The molecule has 1 atom stereocenters. The molecule has 0 saturated carbocycles. The zero-order valence-electron chi connectivity index (χ0n) is 12.2. The highest BCUT2D eigenvalue weighted by Crippen LogP contribution is 2.44. The first kappa shape index (κ1) is 16.5. The van der Waals surface area contributed by atoms with E-state index in [1.54, 1.807) is 30.3 Å². The summed E-state index contributed by atoms with van der Waals surface area (Å²) in [5, 5.41) is 11.9. The van der Waals surface area contributed by atoms with E-state index in [1.165, 1.54) is 11.6 Å². The fourth-order valence-corrected chi connectivity index (χ4v) is 3.14. The fraction of sp³-hybridized carbons (Fsp3) is 0.200. The van der Waals surface area contributed by atoms with Crippen LogP contribution in [0.5, 0.6) is 0 Å². The summed E-state index contributed by atoms with van der Waals surface area (Å²) in [6.45, 7) is 0. The van der Waals surface area contributed by atoms with Crippen LogP contribution in [-0.4, -0.2) is 33.7 Å². The minimum Gasteiger partial charge on any atom is -0.466 e. The summed E-state index contributed by atoms with van der Waals surface area (Å²) < 4.78 is 46.2. The molecule has 9 heteroatoms. The van der Waals surface area contributed by atoms with Crippen LogP contribution in [-0.2, 0) is 15.1 Å². The van der Waals surface area contributed by atoms with Crippen molar-refractivity contribution < 1.29 is 27.8 Å². The average Bonchev–Trinajstić information content (AvgIpc) is 3.13. The average molecular weight is 356 g/mol. The number of fused-ring (bicyclic) bond motifs is 1. The van der Waals surface area contributed by atoms with Crippen LogP contribution in [0.4, 0.5) is 13.2 Å². The summed E-state index contributed by atoms with van der Waals surface area (Å²) in [7, 11) is 0.785. The third-order valence-corrected chi connectivity index (χ3v) is 4.30. The number of aliphatic hydroxyl groups is 1. The molecular weight excluding hydrogens is 345 g/mol. The molecule has 3 aromatic rings. The number of carbonyl (C=O) groups excluding carboxylic acids is 1. The number of nitrogens with zero attached hydrogens (tertiary/aromatic N) is 2. The van der Waals surface area contributed by atoms with Gasteiger partial charge in [0.2, 0.25) is 0 Å². The molecule has 0 saturated heterocycles. The van der Waals surface area contributed by atoms with Gasteiger partial charge in [0.15, 0.2) is 4.96 Å². The van der Waals surface area contributed by atoms with Crippen LogP contribution in [0.1, 0.15) is 5.69 Å². The summed E-state index contributed by atoms with van der Waals surface area (Å²) in [6.07, 6.45) is -3.98. The van der Waals surface area contributed by atoms with E-state index in [2.05, 4.69) is 9.72 Å². The van der Waals surface area contributed by atoms with Crippen molar-refractivity contribution in [2.45, 2.75) is 11.8 Å². The summed E-state index contributed by atoms with van der Waals surface area (Å²) in [5.41, 5.74) is -4.32. The number of hydrogen-bond donors (Lipinski definition) is 1. The Morgan fingerprint density at radius 1 is 1.29 bits per heavy atom. The molecule has 5 nitrogen and oxygen atoms in total. The van der Waals surface area contributed by atoms with Gasteiger partial charge in [0.1, 0.15) is 5.69 Å². The van der Waals surface area contributed by atoms with E-state index in [1.807, 2.05) is 0 Å². The zero-order valence-corrected chi connectivity index (χ0v) is 13.1. The van der Waals surface area contributed by atoms with Crippen molar-refractivity contribution in [2.75, 3.05) is 7.11 Å². The molecule has 2 aromatic heterocycles. The van der Waals surface area contributed by atoms with Gasteiger partial charge in [0, 0.05) is 17.1 Å². The molecule has 0 radical (unpaired) electrons. The number of thiazole rings is 1. The normalized spacial score (nSPS) is 14.5. The van der Waals surface area contributed by atoms with E-state index in [0.717, 1.165) is 22.8 Å². The second-order valence-electron chi connectivity index (χ2n) is 4.93. The Labute approximate surface area is 137 Å². The lowest BCUT2D eigenvalue weighted by Crippen LogP contribution is -2.51. The topological polar surface area (TPSA) is 63.8 Å². The number of rotatable bonds is 3. The van der Waals surface area contributed by atoms with Crippen LogP contribution in [0, 0.1) is 0 Å². The Morgan fingerprint density at radius 3 is 2.54 bits per heavy atom. The Balaban J connectivity index is 2.38. The van der Waals surface area contributed by atoms with E-state index >= 15 is 0 Å². The van der Waals surface area contributed by atoms with Gasteiger partial charge in [-0.2, -0.15) is 13.2 Å². The van der Waals surface area contributed by atoms with Crippen molar-refractivity contribution in [2.24, 2.45) is 0 Å². The monoisotopic (exact) mass is 356 g/mol. The Morgan fingerprint density at radius 2 is 1.96 bits per heavy atom. The van der Waals surface area contributed by atoms with Crippen molar-refractivity contribution in [3.05, 3.63) is 47.6 Å². The Bertz CT molecular complexity index is 888. The maximum atomic E-state index is 13.6. The lowest BCUT2D eigenvalue weighted by molar-refractivity contribution is -0.268. The van der Waals surface area contributed by atoms with Crippen molar-refractivity contribution >= 4 is 22.3 Å². The molecule has 0 amide bonds. The van der Waals surface area contributed by atoms with Gasteiger partial charge in [-0.15, -0.1) is 11.3 Å². The van der Waals surface area contributed by atoms with E-state index in [4.69, 9.17) is 0 Å². The van der Waals surface area contributed by atoms with Crippen LogP contribution >= 0.6 is 11.3 Å². The predicted molar refractivity (Wildman–Crippen MR) is 80.5 cm³/mol. The van der Waals surface area contributed by atoms with Gasteiger partial charge < -0.3 is 9.84 Å². The van der Waals surface area contributed by atoms with Gasteiger partial charge in [-0.05, 0) is 0 Å². The number of halogens is 3. The first-order chi connectivity index (χ1) is 11.3. The van der Waals surface area contributed by atoms with Gasteiger partial charge in [0.05, 0.1) is 12.8 Å². The van der Waals surface area contributed by atoms with Gasteiger partial charge in [-0.25, -0.2) is 9.78 Å². The number of alkyl halides is 3. The molecule has 1 N–H and O–H groups in total. The molecule has 0 aliphatic rings. The van der Waals surface area contributed by atoms with Crippen molar-refractivity contribution in [3.63, 3.8) is 0 Å². The maximum Gasteiger partial charge on any atom is 0.434 e. The standard InChI is InChI=1S/C15H11F3N2O3S/c1-23-12(21)14(22,15(16,17)18)11-10(9-5-3-2-4-6-9)19-13-20(11)7-8-24-13/h2-8,22H,1H3. The highest BCUT2D eigenvalue weighted by molar-refractivity contribution is 7.15. The minimum absolute atomic E-state index is 0.132. The quantitative estimate of drug-likeness (QED) is 0.733. The Kier molecular flexibility index (Phi) is 3.84. The smallest absolute Gasteiger partial charge is 0.434 e. The largest absolute Gasteiger partial charge is 0.466 e. The number of aromatic nitrogens is 2. The molecular formula is C15H11F3N2O3S. The molecule has 0 aliphatic carbocycles. The molecule has 2 heterocycles. The lowest BCUT2D eigenvalue weighted by Gasteiger charge is -2.28. The summed E-state index contributed by atoms with van der Waals surface area (Å²) >= 11 is 1.08. The van der Waals surface area contributed by atoms with Crippen LogP contribution in [0.3, 0.4) is 0 Å². The first-order valence-corrected chi connectivity index (χ1v) is 7.57. The molecule has 0 fully saturated rings. The molecule has 24 heavy (non-hydrogen) atoms. The number of imidazole rings is 1. The summed E-state index contributed by atoms with van der Waals surface area (Å²) in [4.78, 5) is 16.3. The van der Waals surface area contributed by atoms with Crippen LogP contribution < -0.4 is 0 Å². The number of hydrogen-bond acceptors (Lipinski definition) is 5. The predicted octanol–water partition coefficient (Wildman–Crippen LogP) is 2.99. The Hall–Kier alpha value is -2.39. The zero-order chi connectivity index (χ0) is 17.5. The second-order valence-corrected chi connectivity index (χ2v) is 5.80. The van der Waals surface area contributed by atoms with E-state index in [0.29, 0.717) is 5.56 Å². The van der Waals surface area contributed by atoms with Gasteiger partial charge >= 0.3 is 17.7 Å². The van der Waals surface area contributed by atoms with E-state index < -0.39 is 23.4 Å². The number of methoxy groups -OCH3 is 1. The third kappa shape index (κ3) is 2.28. The minimum atomic E-state index is -5.29. The molecule has 0 bridgehead atoms. The summed E-state index contributed by atoms with van der Waals surface area (Å²) in [6, 6.07) is 8.03. The van der Waals surface area contributed by atoms with Crippen molar-refractivity contribution in [3.8, 4) is 11.3 Å². The number of esters is 1. The SMILES string of the molecule is COC(=O)C(O)(c1c(-c2ccccc2)nc2sccn12)C(F)(F)F. The van der Waals surface area contributed by atoms with Crippen LogP contribution in [0.25, 0.3) is 16.2 Å².